The molecule has 2 unspecified atom stereocenters. The van der Waals surface area contributed by atoms with Crippen LogP contribution in [-0.4, -0.2) is 12.6 Å². The summed E-state index contributed by atoms with van der Waals surface area (Å²) in [5.74, 6) is 1.86. The fourth-order valence-corrected chi connectivity index (χ4v) is 3.59. The van der Waals surface area contributed by atoms with Crippen LogP contribution in [-0.2, 0) is 12.8 Å². The lowest BCUT2D eigenvalue weighted by molar-refractivity contribution is 0.169. The fraction of sp³-hybridized carbons (Fsp3) is 0.733. The summed E-state index contributed by atoms with van der Waals surface area (Å²) < 4.78 is 0. The lowest BCUT2D eigenvalue weighted by atomic mass is 9.71. The van der Waals surface area contributed by atoms with E-state index in [9.17, 15) is 0 Å². The third kappa shape index (κ3) is 3.56. The van der Waals surface area contributed by atoms with Gasteiger partial charge in [-0.2, -0.15) is 0 Å². The molecule has 0 saturated heterocycles. The summed E-state index contributed by atoms with van der Waals surface area (Å²) in [6.07, 6.45) is 5.36. The second-order valence-corrected chi connectivity index (χ2v) is 6.84. The predicted molar refractivity (Wildman–Crippen MR) is 76.8 cm³/mol. The molecule has 2 heteroatoms. The molecule has 0 aliphatic heterocycles. The molecule has 0 aromatic carbocycles. The molecule has 96 valence electrons. The van der Waals surface area contributed by atoms with E-state index in [1.54, 1.807) is 4.88 Å². The van der Waals surface area contributed by atoms with Crippen LogP contribution in [0.15, 0.2) is 12.1 Å². The molecular weight excluding hydrogens is 226 g/mol. The van der Waals surface area contributed by atoms with Crippen molar-refractivity contribution in [3.63, 3.8) is 0 Å². The van der Waals surface area contributed by atoms with Gasteiger partial charge in [-0.05, 0) is 56.2 Å². The summed E-state index contributed by atoms with van der Waals surface area (Å²) in [7, 11) is 0. The van der Waals surface area contributed by atoms with Crippen molar-refractivity contribution in [3.05, 3.63) is 21.9 Å². The van der Waals surface area contributed by atoms with Crippen LogP contribution in [0.3, 0.4) is 0 Å². The van der Waals surface area contributed by atoms with Crippen molar-refractivity contribution in [2.45, 2.75) is 52.5 Å². The molecule has 2 rings (SSSR count). The van der Waals surface area contributed by atoms with Crippen LogP contribution in [0.4, 0.5) is 0 Å². The zero-order chi connectivity index (χ0) is 12.3. The van der Waals surface area contributed by atoms with E-state index >= 15 is 0 Å². The summed E-state index contributed by atoms with van der Waals surface area (Å²) in [6.45, 7) is 7.93. The van der Waals surface area contributed by atoms with Crippen molar-refractivity contribution in [3.8, 4) is 0 Å². The minimum Gasteiger partial charge on any atom is -0.314 e. The minimum absolute atomic E-state index is 0.629. The standard InChI is InChI=1S/C15H25NS/c1-4-14-7-8-15(17-14)9-12-5-6-13(12)10-16-11(2)3/h7-8,11-13,16H,4-6,9-10H2,1-3H3. The molecule has 1 fully saturated rings. The van der Waals surface area contributed by atoms with E-state index in [-0.39, 0.29) is 0 Å². The first-order valence-electron chi connectivity index (χ1n) is 7.00. The quantitative estimate of drug-likeness (QED) is 0.809. The molecule has 1 N–H and O–H groups in total. The van der Waals surface area contributed by atoms with Crippen molar-refractivity contribution in [1.82, 2.24) is 5.32 Å². The van der Waals surface area contributed by atoms with Crippen LogP contribution in [0.25, 0.3) is 0 Å². The van der Waals surface area contributed by atoms with Gasteiger partial charge in [0.25, 0.3) is 0 Å². The van der Waals surface area contributed by atoms with Gasteiger partial charge in [0.1, 0.15) is 0 Å². The van der Waals surface area contributed by atoms with Crippen LogP contribution in [0.5, 0.6) is 0 Å². The van der Waals surface area contributed by atoms with Gasteiger partial charge in [-0.25, -0.2) is 0 Å². The Hall–Kier alpha value is -0.340. The maximum absolute atomic E-state index is 3.58. The van der Waals surface area contributed by atoms with Crippen molar-refractivity contribution in [2.24, 2.45) is 11.8 Å². The number of hydrogen-bond acceptors (Lipinski definition) is 2. The Morgan fingerprint density at radius 2 is 1.94 bits per heavy atom. The number of rotatable bonds is 6. The first-order chi connectivity index (χ1) is 8.19. The zero-order valence-corrected chi connectivity index (χ0v) is 12.1. The Kier molecular flexibility index (Phi) is 4.63. The number of hydrogen-bond donors (Lipinski definition) is 1. The van der Waals surface area contributed by atoms with Crippen LogP contribution < -0.4 is 5.32 Å². The van der Waals surface area contributed by atoms with Crippen LogP contribution in [0.1, 0.15) is 43.4 Å². The highest BCUT2D eigenvalue weighted by atomic mass is 32.1. The van der Waals surface area contributed by atoms with Gasteiger partial charge >= 0.3 is 0 Å². The van der Waals surface area contributed by atoms with E-state index in [4.69, 9.17) is 0 Å². The second-order valence-electron chi connectivity index (χ2n) is 5.59. The van der Waals surface area contributed by atoms with Crippen molar-refractivity contribution < 1.29 is 0 Å². The normalized spacial score (nSPS) is 24.0. The smallest absolute Gasteiger partial charge is 0.00510 e. The highest BCUT2D eigenvalue weighted by Crippen LogP contribution is 2.37. The minimum atomic E-state index is 0.629. The number of thiophene rings is 1. The largest absolute Gasteiger partial charge is 0.314 e. The predicted octanol–water partition coefficient (Wildman–Crippen LogP) is 3.88. The van der Waals surface area contributed by atoms with Crippen molar-refractivity contribution in [1.29, 1.82) is 0 Å². The molecule has 1 aliphatic carbocycles. The highest BCUT2D eigenvalue weighted by molar-refractivity contribution is 7.11. The van der Waals surface area contributed by atoms with Crippen LogP contribution in [0, 0.1) is 11.8 Å². The molecule has 2 atom stereocenters. The highest BCUT2D eigenvalue weighted by Gasteiger charge is 2.30. The molecule has 0 bridgehead atoms. The van der Waals surface area contributed by atoms with Crippen LogP contribution >= 0.6 is 11.3 Å². The van der Waals surface area contributed by atoms with E-state index < -0.39 is 0 Å². The van der Waals surface area contributed by atoms with Gasteiger partial charge in [0.2, 0.25) is 0 Å². The topological polar surface area (TPSA) is 12.0 Å². The van der Waals surface area contributed by atoms with Crippen molar-refractivity contribution >= 4 is 11.3 Å². The molecule has 1 aromatic rings. The lowest BCUT2D eigenvalue weighted by Crippen LogP contribution is -2.38. The molecule has 1 aromatic heterocycles. The van der Waals surface area contributed by atoms with Gasteiger partial charge in [-0.3, -0.25) is 0 Å². The van der Waals surface area contributed by atoms with E-state index in [2.05, 4.69) is 38.2 Å². The second kappa shape index (κ2) is 6.01. The molecule has 1 nitrogen and oxygen atoms in total. The Balaban J connectivity index is 1.79. The molecule has 0 radical (unpaired) electrons. The van der Waals surface area contributed by atoms with Crippen LogP contribution in [0.2, 0.25) is 0 Å². The summed E-state index contributed by atoms with van der Waals surface area (Å²) in [4.78, 5) is 3.14. The van der Waals surface area contributed by atoms with E-state index in [1.165, 1.54) is 37.1 Å². The van der Waals surface area contributed by atoms with Gasteiger partial charge in [0.15, 0.2) is 0 Å². The molecule has 0 amide bonds. The first kappa shape index (κ1) is 13.1. The maximum atomic E-state index is 3.58. The van der Waals surface area contributed by atoms with E-state index in [0.717, 1.165) is 11.8 Å². The number of aryl methyl sites for hydroxylation is 1. The molecule has 1 saturated carbocycles. The van der Waals surface area contributed by atoms with Gasteiger partial charge < -0.3 is 5.32 Å². The third-order valence-electron chi connectivity index (χ3n) is 3.89. The SMILES string of the molecule is CCc1ccc(CC2CCC2CNC(C)C)s1. The summed E-state index contributed by atoms with van der Waals surface area (Å²) in [5.41, 5.74) is 0. The first-order valence-corrected chi connectivity index (χ1v) is 7.81. The fourth-order valence-electron chi connectivity index (χ4n) is 2.54. The Bertz CT molecular complexity index is 342. The monoisotopic (exact) mass is 251 g/mol. The Labute approximate surface area is 110 Å². The Morgan fingerprint density at radius 3 is 2.47 bits per heavy atom. The summed E-state index contributed by atoms with van der Waals surface area (Å²) in [5, 5.41) is 3.58. The van der Waals surface area contributed by atoms with Gasteiger partial charge in [-0.1, -0.05) is 20.8 Å². The molecule has 0 spiro atoms. The van der Waals surface area contributed by atoms with Gasteiger partial charge in [-0.15, -0.1) is 11.3 Å². The zero-order valence-electron chi connectivity index (χ0n) is 11.3. The third-order valence-corrected chi connectivity index (χ3v) is 5.14. The maximum Gasteiger partial charge on any atom is 0.00510 e. The molecule has 1 heterocycles. The van der Waals surface area contributed by atoms with Gasteiger partial charge in [0.05, 0.1) is 0 Å². The molecule has 17 heavy (non-hydrogen) atoms. The Morgan fingerprint density at radius 1 is 1.24 bits per heavy atom. The van der Waals surface area contributed by atoms with E-state index in [0.29, 0.717) is 6.04 Å². The van der Waals surface area contributed by atoms with E-state index in [1.807, 2.05) is 11.3 Å². The summed E-state index contributed by atoms with van der Waals surface area (Å²) >= 11 is 2.02. The molecule has 1 aliphatic rings. The average molecular weight is 251 g/mol. The lowest BCUT2D eigenvalue weighted by Gasteiger charge is -2.37. The molecular formula is C15H25NS. The average Bonchev–Trinajstić information content (AvgIpc) is 2.72. The van der Waals surface area contributed by atoms with Crippen molar-refractivity contribution in [2.75, 3.05) is 6.54 Å². The van der Waals surface area contributed by atoms with Gasteiger partial charge in [0, 0.05) is 15.8 Å². The summed E-state index contributed by atoms with van der Waals surface area (Å²) in [6, 6.07) is 5.28. The number of nitrogens with one attached hydrogen (secondary N) is 1.